The van der Waals surface area contributed by atoms with Gasteiger partial charge in [-0.1, -0.05) is 64.1 Å². The topological polar surface area (TPSA) is 172 Å². The van der Waals surface area contributed by atoms with Gasteiger partial charge in [-0.2, -0.15) is 0 Å². The van der Waals surface area contributed by atoms with Crippen molar-refractivity contribution in [2.45, 2.75) is 135 Å². The van der Waals surface area contributed by atoms with Crippen LogP contribution in [-0.2, 0) is 49.2 Å². The molecule has 0 bridgehead atoms. The molecule has 2 aromatic carbocycles. The largest absolute Gasteiger partial charge is 0.458 e. The quantitative estimate of drug-likeness (QED) is 0.0923. The van der Waals surface area contributed by atoms with Gasteiger partial charge in [-0.15, -0.1) is 0 Å². The second-order valence-corrected chi connectivity index (χ2v) is 18.2. The lowest BCUT2D eigenvalue weighted by atomic mass is 9.75. The molecule has 0 radical (unpaired) electrons. The monoisotopic (exact) mass is 886 g/mol. The summed E-state index contributed by atoms with van der Waals surface area (Å²) in [7, 11) is 5.26. The van der Waals surface area contributed by atoms with Crippen LogP contribution in [0.4, 0.5) is 4.79 Å². The Morgan fingerprint density at radius 1 is 0.938 bits per heavy atom. The molecule has 0 spiro atoms. The van der Waals surface area contributed by atoms with Crippen LogP contribution in [0, 0.1) is 23.7 Å². The van der Waals surface area contributed by atoms with E-state index in [2.05, 4.69) is 10.4 Å². The number of likely N-dealkylation sites (N-methyl/N-ethyl adjacent to an activating group) is 1. The predicted octanol–water partition coefficient (Wildman–Crippen LogP) is 6.35. The first-order chi connectivity index (χ1) is 30.5. The molecule has 15 nitrogen and oxygen atoms in total. The van der Waals surface area contributed by atoms with Crippen LogP contribution in [-0.4, -0.2) is 127 Å². The molecule has 3 aliphatic rings. The minimum Gasteiger partial charge on any atom is -0.458 e. The van der Waals surface area contributed by atoms with E-state index in [1.165, 1.54) is 19.0 Å². The Bertz CT molecular complexity index is 2110. The van der Waals surface area contributed by atoms with E-state index in [9.17, 15) is 24.0 Å². The summed E-state index contributed by atoms with van der Waals surface area (Å²) in [5.41, 5.74) is 4.28. The number of hydrogen-bond acceptors (Lipinski definition) is 14. The minimum atomic E-state index is -1.34. The molecule has 64 heavy (non-hydrogen) atoms. The van der Waals surface area contributed by atoms with Crippen molar-refractivity contribution < 1.29 is 52.4 Å². The molecule has 13 atom stereocenters. The summed E-state index contributed by atoms with van der Waals surface area (Å²) < 4.78 is 37.9. The maximum Gasteiger partial charge on any atom is 0.425 e. The number of cyclic esters (lactones) is 1. The number of carbonyl (C=O) groups is 5. The predicted molar refractivity (Wildman–Crippen MR) is 238 cm³/mol. The van der Waals surface area contributed by atoms with E-state index in [1.807, 2.05) is 56.3 Å². The summed E-state index contributed by atoms with van der Waals surface area (Å²) in [5.74, 6) is -5.83. The zero-order valence-corrected chi connectivity index (χ0v) is 38.9. The van der Waals surface area contributed by atoms with Crippen LogP contribution >= 0.6 is 0 Å². The van der Waals surface area contributed by atoms with E-state index >= 15 is 0 Å². The van der Waals surface area contributed by atoms with Gasteiger partial charge in [0.25, 0.3) is 0 Å². The summed E-state index contributed by atoms with van der Waals surface area (Å²) in [6, 6.07) is 17.3. The lowest BCUT2D eigenvalue weighted by Crippen LogP contribution is -2.60. The molecule has 3 fully saturated rings. The number of benzene rings is 2. The fraction of sp³-hybridized carbons (Fsp3) is 0.592. The summed E-state index contributed by atoms with van der Waals surface area (Å²) in [5, 5.41) is 2.42. The van der Waals surface area contributed by atoms with Crippen molar-refractivity contribution in [2.24, 2.45) is 23.7 Å². The maximum atomic E-state index is 14.8. The van der Waals surface area contributed by atoms with E-state index in [4.69, 9.17) is 28.4 Å². The minimum absolute atomic E-state index is 0.0817. The first kappa shape index (κ1) is 48.7. The van der Waals surface area contributed by atoms with Gasteiger partial charge in [-0.25, -0.2) is 20.0 Å². The first-order valence-corrected chi connectivity index (χ1v) is 22.6. The highest BCUT2D eigenvalue weighted by atomic mass is 16.7. The van der Waals surface area contributed by atoms with Crippen LogP contribution < -0.4 is 5.43 Å². The first-order valence-electron chi connectivity index (χ1n) is 22.6. The third kappa shape index (κ3) is 10.5. The average molecular weight is 887 g/mol. The molecule has 2 unspecified atom stereocenters. The smallest absolute Gasteiger partial charge is 0.425 e. The number of nitrogens with one attached hydrogen (secondary N) is 1. The third-order valence-corrected chi connectivity index (χ3v) is 13.4. The fourth-order valence-electron chi connectivity index (χ4n) is 9.74. The van der Waals surface area contributed by atoms with Gasteiger partial charge in [0, 0.05) is 43.0 Å². The zero-order chi connectivity index (χ0) is 46.5. The number of aryl methyl sites for hydroxylation is 1. The number of amides is 1. The van der Waals surface area contributed by atoms with Crippen LogP contribution in [0.15, 0.2) is 66.9 Å². The van der Waals surface area contributed by atoms with Crippen molar-refractivity contribution >= 4 is 40.5 Å². The number of Topliss-reactive ketones (excluding diaryl/α,β-unsaturated/α-hetero) is 2. The summed E-state index contributed by atoms with van der Waals surface area (Å²) in [4.78, 5) is 77.2. The lowest BCUT2D eigenvalue weighted by molar-refractivity contribution is -0.294. The molecule has 3 saturated heterocycles. The molecule has 1 amide bonds. The molecule has 3 aromatic rings. The van der Waals surface area contributed by atoms with Gasteiger partial charge < -0.3 is 33.3 Å². The van der Waals surface area contributed by atoms with Gasteiger partial charge in [0.15, 0.2) is 24.3 Å². The number of methoxy groups -OCH3 is 1. The molecule has 348 valence electrons. The Morgan fingerprint density at radius 2 is 1.64 bits per heavy atom. The van der Waals surface area contributed by atoms with Crippen LogP contribution in [0.25, 0.3) is 10.9 Å². The van der Waals surface area contributed by atoms with Crippen LogP contribution in [0.2, 0.25) is 0 Å². The average Bonchev–Trinajstić information content (AvgIpc) is 3.62. The zero-order valence-electron chi connectivity index (χ0n) is 38.9. The Kier molecular flexibility index (Phi) is 16.0. The van der Waals surface area contributed by atoms with Crippen molar-refractivity contribution in [3.8, 4) is 0 Å². The SMILES string of the molecule is CC[C@H]1OC(=O)[C@H](C)C(=O)[C@H](C)[C@@H](OC2O[C@H](C)C[C@H](N(C)C)[C@H]2OC(=O)c2ccccc2)[C@@](C)(OC)C[C@@H](C)C(=O)[C@H](C)[C@@H]2C1OC(=O)N2NCCCc1ccnc2ccccc12. The van der Waals surface area contributed by atoms with Crippen molar-refractivity contribution in [2.75, 3.05) is 27.7 Å². The molecule has 15 heteroatoms. The van der Waals surface area contributed by atoms with Gasteiger partial charge in [0.05, 0.1) is 34.9 Å². The number of para-hydroxylation sites is 1. The normalized spacial score (nSPS) is 33.1. The molecule has 6 rings (SSSR count). The molecule has 1 aromatic heterocycles. The summed E-state index contributed by atoms with van der Waals surface area (Å²) in [6.07, 6.45) is -2.25. The van der Waals surface area contributed by atoms with Crippen molar-refractivity contribution in [1.29, 1.82) is 0 Å². The number of carbonyl (C=O) groups excluding carboxylic acids is 5. The highest BCUT2D eigenvalue weighted by Gasteiger charge is 2.55. The van der Waals surface area contributed by atoms with Crippen LogP contribution in [0.1, 0.15) is 90.1 Å². The maximum absolute atomic E-state index is 14.8. The number of aromatic nitrogens is 1. The van der Waals surface area contributed by atoms with Gasteiger partial charge in [-0.05, 0) is 96.8 Å². The van der Waals surface area contributed by atoms with Crippen molar-refractivity contribution in [3.63, 3.8) is 0 Å². The number of esters is 2. The summed E-state index contributed by atoms with van der Waals surface area (Å²) >= 11 is 0. The molecule has 1 N–H and O–H groups in total. The van der Waals surface area contributed by atoms with Gasteiger partial charge in [0.1, 0.15) is 23.8 Å². The highest BCUT2D eigenvalue weighted by molar-refractivity contribution is 6.00. The molecule has 4 heterocycles. The fourth-order valence-corrected chi connectivity index (χ4v) is 9.74. The summed E-state index contributed by atoms with van der Waals surface area (Å²) in [6.45, 7) is 12.5. The second-order valence-electron chi connectivity index (χ2n) is 18.2. The Labute approximate surface area is 376 Å². The Balaban J connectivity index is 1.30. The number of nitrogens with zero attached hydrogens (tertiary/aromatic N) is 3. The molecule has 3 aliphatic heterocycles. The number of rotatable bonds is 12. The number of ether oxygens (including phenoxy) is 6. The van der Waals surface area contributed by atoms with Crippen molar-refractivity contribution in [3.05, 3.63) is 78.0 Å². The number of pyridine rings is 1. The van der Waals surface area contributed by atoms with Crippen LogP contribution in [0.3, 0.4) is 0 Å². The van der Waals surface area contributed by atoms with E-state index in [-0.39, 0.29) is 30.8 Å². The third-order valence-electron chi connectivity index (χ3n) is 13.4. The van der Waals surface area contributed by atoms with Gasteiger partial charge >= 0.3 is 18.0 Å². The molecule has 0 saturated carbocycles. The standard InChI is InChI=1S/C49H66N4O11/c1-11-38-43-39(53(48(58)63-43)51-24-17-20-33-23-25-50-36-22-16-15-21-35(33)36)30(4)40(54)28(2)27-49(7,59-10)44(31(5)41(55)32(6)45(56)61-38)64-47-42(37(52(8)9)26-29(3)60-47)62-46(57)34-18-13-12-14-19-34/h12-16,18-19,21-23,25,28-32,37-39,42-44,47,51H,11,17,20,24,26-27H2,1-10H3/t28-,29-,30-,31+,32-,37+,38-,39-,42-,43?,44-,47?,49+/m1/s1. The number of ketones is 2. The van der Waals surface area contributed by atoms with Crippen molar-refractivity contribution in [1.82, 2.24) is 20.3 Å². The highest BCUT2D eigenvalue weighted by Crippen LogP contribution is 2.39. The second kappa shape index (κ2) is 21.0. The van der Waals surface area contributed by atoms with E-state index < -0.39 is 89.8 Å². The Morgan fingerprint density at radius 3 is 2.33 bits per heavy atom. The number of hydrogen-bond donors (Lipinski definition) is 1. The van der Waals surface area contributed by atoms with Gasteiger partial charge in [-0.3, -0.25) is 19.4 Å². The van der Waals surface area contributed by atoms with Crippen LogP contribution in [0.5, 0.6) is 0 Å². The van der Waals surface area contributed by atoms with Gasteiger partial charge in [0.2, 0.25) is 0 Å². The molecular formula is C49H66N4O11. The Hall–Kier alpha value is -4.80. The van der Waals surface area contributed by atoms with E-state index in [0.717, 1.165) is 16.5 Å². The number of hydrazine groups is 1. The molecular weight excluding hydrogens is 821 g/mol. The lowest BCUT2D eigenvalue weighted by Gasteiger charge is -2.47. The van der Waals surface area contributed by atoms with E-state index in [0.29, 0.717) is 31.4 Å². The molecule has 0 aliphatic carbocycles. The number of fused-ring (bicyclic) bond motifs is 2. The van der Waals surface area contributed by atoms with E-state index in [1.54, 1.807) is 71.1 Å².